The average molecular weight is 1160 g/mol. The molecule has 0 fully saturated rings. The Morgan fingerprint density at radius 3 is 0.687 bits per heavy atom. The van der Waals surface area contributed by atoms with Crippen LogP contribution in [0.1, 0.15) is 406 Å². The lowest BCUT2D eigenvalue weighted by atomic mass is 10.0. The number of unbranched alkanes of at least 4 members (excludes halogenated alkanes) is 50. The first-order valence-corrected chi connectivity index (χ1v) is 37.1. The number of carbonyl (C=O) groups excluding carboxylic acids is 3. The molecule has 0 heterocycles. The van der Waals surface area contributed by atoms with Crippen molar-refractivity contribution in [1.29, 1.82) is 0 Å². The van der Waals surface area contributed by atoms with Crippen LogP contribution in [0.15, 0.2) is 48.6 Å². The summed E-state index contributed by atoms with van der Waals surface area (Å²) in [6.45, 7) is 6.66. The van der Waals surface area contributed by atoms with Gasteiger partial charge in [0.15, 0.2) is 6.10 Å². The van der Waals surface area contributed by atoms with Gasteiger partial charge in [0.2, 0.25) is 0 Å². The van der Waals surface area contributed by atoms with Gasteiger partial charge in [-0.3, -0.25) is 14.4 Å². The zero-order valence-electron chi connectivity index (χ0n) is 56.0. The molecule has 0 saturated heterocycles. The molecule has 0 spiro atoms. The molecule has 0 aliphatic carbocycles. The Morgan fingerprint density at radius 1 is 0.241 bits per heavy atom. The maximum absolute atomic E-state index is 12.9. The van der Waals surface area contributed by atoms with E-state index in [-0.39, 0.29) is 31.1 Å². The monoisotopic (exact) mass is 1160 g/mol. The summed E-state index contributed by atoms with van der Waals surface area (Å²) < 4.78 is 17.0. The molecule has 0 aromatic rings. The minimum absolute atomic E-state index is 0.0688. The minimum Gasteiger partial charge on any atom is -0.462 e. The largest absolute Gasteiger partial charge is 0.462 e. The Hall–Kier alpha value is -2.63. The topological polar surface area (TPSA) is 78.9 Å². The zero-order chi connectivity index (χ0) is 59.9. The fourth-order valence-corrected chi connectivity index (χ4v) is 11.2. The van der Waals surface area contributed by atoms with Gasteiger partial charge in [-0.1, -0.05) is 352 Å². The molecule has 0 rings (SSSR count). The van der Waals surface area contributed by atoms with Crippen LogP contribution in [0, 0.1) is 0 Å². The minimum atomic E-state index is -0.772. The summed E-state index contributed by atoms with van der Waals surface area (Å²) in [4.78, 5) is 38.4. The molecule has 0 bridgehead atoms. The predicted octanol–water partition coefficient (Wildman–Crippen LogP) is 25.7. The van der Waals surface area contributed by atoms with Gasteiger partial charge in [-0.2, -0.15) is 0 Å². The van der Waals surface area contributed by atoms with E-state index in [9.17, 15) is 14.4 Å². The normalized spacial score (nSPS) is 12.3. The SMILES string of the molecule is CCCCC/C=C\C/C=C\CCCCCCCCCCCC(=O)OC(COC(=O)CCCCCCCCCCCCC)COC(=O)CCCCCCCCCCCCCCCCCCCCCCCCC/C=C\C/C=C\CCCCCCC. The molecule has 0 saturated carbocycles. The summed E-state index contributed by atoms with van der Waals surface area (Å²) in [5.74, 6) is -0.846. The van der Waals surface area contributed by atoms with Crippen molar-refractivity contribution in [2.45, 2.75) is 412 Å². The fraction of sp³-hybridized carbons (Fsp3) is 0.857. The Balaban J connectivity index is 4.05. The quantitative estimate of drug-likeness (QED) is 0.0261. The van der Waals surface area contributed by atoms with E-state index in [4.69, 9.17) is 14.2 Å². The van der Waals surface area contributed by atoms with Gasteiger partial charge < -0.3 is 14.2 Å². The second kappa shape index (κ2) is 71.8. The fourth-order valence-electron chi connectivity index (χ4n) is 11.2. The standard InChI is InChI=1S/C77H142O6/c1-4-7-10-13-16-19-22-24-26-28-30-31-32-33-34-35-36-37-38-39-40-41-42-43-44-45-47-48-50-52-55-58-61-64-67-70-76(79)82-73-74(72-81-75(78)69-66-63-60-57-54-21-18-15-12-9-6-3)83-77(80)71-68-65-62-59-56-53-51-49-46-29-27-25-23-20-17-14-11-8-5-2/h17,20,22,24-25,27-28,30,74H,4-16,18-19,21,23,26,29,31-73H2,1-3H3/b20-17-,24-22-,27-25-,30-28-. The van der Waals surface area contributed by atoms with Gasteiger partial charge in [0.1, 0.15) is 13.2 Å². The maximum Gasteiger partial charge on any atom is 0.306 e. The van der Waals surface area contributed by atoms with Crippen LogP contribution >= 0.6 is 0 Å². The van der Waals surface area contributed by atoms with Gasteiger partial charge in [0.25, 0.3) is 0 Å². The smallest absolute Gasteiger partial charge is 0.306 e. The Morgan fingerprint density at radius 2 is 0.434 bits per heavy atom. The van der Waals surface area contributed by atoms with Crippen LogP contribution in [-0.4, -0.2) is 37.2 Å². The number of carbonyl (C=O) groups is 3. The van der Waals surface area contributed by atoms with Gasteiger partial charge in [-0.25, -0.2) is 0 Å². The number of rotatable bonds is 69. The summed E-state index contributed by atoms with van der Waals surface area (Å²) in [7, 11) is 0. The molecule has 0 aromatic carbocycles. The third-order valence-electron chi connectivity index (χ3n) is 16.8. The molecule has 6 heteroatoms. The van der Waals surface area contributed by atoms with E-state index in [0.717, 1.165) is 70.6 Å². The van der Waals surface area contributed by atoms with Crippen LogP contribution in [0.5, 0.6) is 0 Å². The molecule has 6 nitrogen and oxygen atoms in total. The van der Waals surface area contributed by atoms with Crippen molar-refractivity contribution in [3.63, 3.8) is 0 Å². The van der Waals surface area contributed by atoms with E-state index in [0.29, 0.717) is 19.3 Å². The highest BCUT2D eigenvalue weighted by Crippen LogP contribution is 2.19. The zero-order valence-corrected chi connectivity index (χ0v) is 56.0. The highest BCUT2D eigenvalue weighted by molar-refractivity contribution is 5.71. The van der Waals surface area contributed by atoms with Crippen molar-refractivity contribution in [2.24, 2.45) is 0 Å². The van der Waals surface area contributed by atoms with E-state index in [1.165, 1.54) is 295 Å². The molecule has 0 aliphatic rings. The predicted molar refractivity (Wildman–Crippen MR) is 362 cm³/mol. The molecule has 486 valence electrons. The second-order valence-electron chi connectivity index (χ2n) is 25.2. The van der Waals surface area contributed by atoms with Crippen molar-refractivity contribution in [2.75, 3.05) is 13.2 Å². The number of ether oxygens (including phenoxy) is 3. The van der Waals surface area contributed by atoms with Gasteiger partial charge in [-0.15, -0.1) is 0 Å². The van der Waals surface area contributed by atoms with Gasteiger partial charge in [-0.05, 0) is 83.5 Å². The summed E-state index contributed by atoms with van der Waals surface area (Å²) in [5, 5.41) is 0. The first-order chi connectivity index (χ1) is 41.0. The van der Waals surface area contributed by atoms with E-state index >= 15 is 0 Å². The third-order valence-corrected chi connectivity index (χ3v) is 16.8. The first kappa shape index (κ1) is 80.4. The molecule has 0 radical (unpaired) electrons. The van der Waals surface area contributed by atoms with Gasteiger partial charge in [0.05, 0.1) is 0 Å². The van der Waals surface area contributed by atoms with E-state index in [1.807, 2.05) is 0 Å². The van der Waals surface area contributed by atoms with Crippen LogP contribution in [0.25, 0.3) is 0 Å². The van der Waals surface area contributed by atoms with E-state index in [2.05, 4.69) is 69.4 Å². The number of esters is 3. The number of allylic oxidation sites excluding steroid dienone is 8. The van der Waals surface area contributed by atoms with Crippen molar-refractivity contribution in [1.82, 2.24) is 0 Å². The summed E-state index contributed by atoms with van der Waals surface area (Å²) in [5.41, 5.74) is 0. The lowest BCUT2D eigenvalue weighted by molar-refractivity contribution is -0.167. The molecule has 1 atom stereocenters. The van der Waals surface area contributed by atoms with Crippen LogP contribution in [0.2, 0.25) is 0 Å². The van der Waals surface area contributed by atoms with Gasteiger partial charge >= 0.3 is 17.9 Å². The molecule has 0 N–H and O–H groups in total. The highest BCUT2D eigenvalue weighted by Gasteiger charge is 2.19. The maximum atomic E-state index is 12.9. The number of hydrogen-bond acceptors (Lipinski definition) is 6. The molecule has 0 aromatic heterocycles. The van der Waals surface area contributed by atoms with Gasteiger partial charge in [0, 0.05) is 19.3 Å². The Labute approximate surface area is 518 Å². The summed E-state index contributed by atoms with van der Waals surface area (Å²) in [6.07, 6.45) is 91.7. The molecular formula is C77H142O6. The van der Waals surface area contributed by atoms with E-state index < -0.39 is 6.10 Å². The van der Waals surface area contributed by atoms with Crippen molar-refractivity contribution in [3.8, 4) is 0 Å². The Kier molecular flexibility index (Phi) is 69.6. The van der Waals surface area contributed by atoms with Crippen LogP contribution in [0.3, 0.4) is 0 Å². The van der Waals surface area contributed by atoms with Crippen molar-refractivity contribution in [3.05, 3.63) is 48.6 Å². The first-order valence-electron chi connectivity index (χ1n) is 37.1. The summed E-state index contributed by atoms with van der Waals surface area (Å²) in [6, 6.07) is 0. The summed E-state index contributed by atoms with van der Waals surface area (Å²) >= 11 is 0. The van der Waals surface area contributed by atoms with E-state index in [1.54, 1.807) is 0 Å². The van der Waals surface area contributed by atoms with Crippen LogP contribution in [0.4, 0.5) is 0 Å². The molecule has 1 unspecified atom stereocenters. The third kappa shape index (κ3) is 70.0. The average Bonchev–Trinajstić information content (AvgIpc) is 3.48. The second-order valence-corrected chi connectivity index (χ2v) is 25.2. The Bertz CT molecular complexity index is 1430. The van der Waals surface area contributed by atoms with Crippen molar-refractivity contribution < 1.29 is 28.6 Å². The highest BCUT2D eigenvalue weighted by atomic mass is 16.6. The number of hydrogen-bond donors (Lipinski definition) is 0. The lowest BCUT2D eigenvalue weighted by Crippen LogP contribution is -2.30. The van der Waals surface area contributed by atoms with Crippen LogP contribution in [-0.2, 0) is 28.6 Å². The molecule has 0 amide bonds. The molecular weight excluding hydrogens is 1020 g/mol. The molecule has 0 aliphatic heterocycles. The van der Waals surface area contributed by atoms with Crippen LogP contribution < -0.4 is 0 Å². The lowest BCUT2D eigenvalue weighted by Gasteiger charge is -2.18. The van der Waals surface area contributed by atoms with Crippen molar-refractivity contribution >= 4 is 17.9 Å². The molecule has 83 heavy (non-hydrogen) atoms.